The molecule has 1 aromatic heterocycles. The van der Waals surface area contributed by atoms with Gasteiger partial charge in [-0.25, -0.2) is 0 Å². The molecule has 0 aromatic carbocycles. The van der Waals surface area contributed by atoms with Crippen molar-refractivity contribution >= 4 is 0 Å². The Morgan fingerprint density at radius 3 is 3.00 bits per heavy atom. The summed E-state index contributed by atoms with van der Waals surface area (Å²) >= 11 is 0. The first kappa shape index (κ1) is 12.5. The van der Waals surface area contributed by atoms with Crippen molar-refractivity contribution in [1.29, 1.82) is 0 Å². The zero-order valence-electron chi connectivity index (χ0n) is 10.6. The van der Waals surface area contributed by atoms with Gasteiger partial charge in [0.2, 0.25) is 5.89 Å². The Morgan fingerprint density at radius 2 is 2.35 bits per heavy atom. The van der Waals surface area contributed by atoms with E-state index >= 15 is 0 Å². The second-order valence-corrected chi connectivity index (χ2v) is 5.12. The zero-order chi connectivity index (χ0) is 12.3. The van der Waals surface area contributed by atoms with E-state index in [-0.39, 0.29) is 0 Å². The van der Waals surface area contributed by atoms with Gasteiger partial charge in [0.25, 0.3) is 0 Å². The highest BCUT2D eigenvalue weighted by Gasteiger charge is 2.28. The summed E-state index contributed by atoms with van der Waals surface area (Å²) in [4.78, 5) is 4.41. The number of hydrogen-bond acceptors (Lipinski definition) is 5. The number of rotatable bonds is 5. The SMILES string of the molecule is CCCC(C)(N)c1nc(CC2CCOC2)no1. The van der Waals surface area contributed by atoms with Crippen LogP contribution in [-0.4, -0.2) is 23.4 Å². The summed E-state index contributed by atoms with van der Waals surface area (Å²) < 4.78 is 10.6. The molecule has 0 spiro atoms. The van der Waals surface area contributed by atoms with Gasteiger partial charge in [-0.15, -0.1) is 0 Å². The molecule has 2 atom stereocenters. The van der Waals surface area contributed by atoms with Crippen LogP contribution in [0.2, 0.25) is 0 Å². The van der Waals surface area contributed by atoms with Gasteiger partial charge in [-0.2, -0.15) is 4.98 Å². The Balaban J connectivity index is 1.99. The molecular formula is C12H21N3O2. The predicted molar refractivity (Wildman–Crippen MR) is 63.4 cm³/mol. The molecule has 5 nitrogen and oxygen atoms in total. The van der Waals surface area contributed by atoms with E-state index in [1.807, 2.05) is 6.92 Å². The first-order valence-corrected chi connectivity index (χ1v) is 6.31. The molecule has 1 aliphatic rings. The third kappa shape index (κ3) is 3.04. The number of ether oxygens (including phenoxy) is 1. The van der Waals surface area contributed by atoms with Crippen molar-refractivity contribution in [2.75, 3.05) is 13.2 Å². The number of nitrogens with two attached hydrogens (primary N) is 1. The van der Waals surface area contributed by atoms with Gasteiger partial charge in [0.1, 0.15) is 0 Å². The molecule has 2 unspecified atom stereocenters. The van der Waals surface area contributed by atoms with Crippen LogP contribution in [0.3, 0.4) is 0 Å². The van der Waals surface area contributed by atoms with E-state index in [4.69, 9.17) is 15.0 Å². The highest BCUT2D eigenvalue weighted by molar-refractivity contribution is 5.00. The normalized spacial score (nSPS) is 23.8. The van der Waals surface area contributed by atoms with Crippen molar-refractivity contribution < 1.29 is 9.26 Å². The molecule has 0 bridgehead atoms. The Hall–Kier alpha value is -0.940. The van der Waals surface area contributed by atoms with Crippen molar-refractivity contribution in [2.24, 2.45) is 11.7 Å². The monoisotopic (exact) mass is 239 g/mol. The Morgan fingerprint density at radius 1 is 1.53 bits per heavy atom. The quantitative estimate of drug-likeness (QED) is 0.845. The number of nitrogens with zero attached hydrogens (tertiary/aromatic N) is 2. The van der Waals surface area contributed by atoms with Crippen molar-refractivity contribution in [3.05, 3.63) is 11.7 Å². The minimum absolute atomic E-state index is 0.508. The van der Waals surface area contributed by atoms with Gasteiger partial charge in [-0.05, 0) is 25.7 Å². The molecule has 0 radical (unpaired) electrons. The summed E-state index contributed by atoms with van der Waals surface area (Å²) in [7, 11) is 0. The molecule has 2 rings (SSSR count). The molecule has 1 aromatic rings. The first-order valence-electron chi connectivity index (χ1n) is 6.31. The molecule has 5 heteroatoms. The lowest BCUT2D eigenvalue weighted by atomic mass is 9.97. The lowest BCUT2D eigenvalue weighted by Crippen LogP contribution is -2.33. The van der Waals surface area contributed by atoms with E-state index in [0.717, 1.165) is 44.7 Å². The van der Waals surface area contributed by atoms with E-state index < -0.39 is 5.54 Å². The highest BCUT2D eigenvalue weighted by Crippen LogP contribution is 2.23. The van der Waals surface area contributed by atoms with Gasteiger partial charge in [0.15, 0.2) is 5.82 Å². The van der Waals surface area contributed by atoms with Crippen molar-refractivity contribution in [3.8, 4) is 0 Å². The molecule has 2 N–H and O–H groups in total. The lowest BCUT2D eigenvalue weighted by molar-refractivity contribution is 0.185. The molecule has 0 amide bonds. The Kier molecular flexibility index (Phi) is 3.79. The van der Waals surface area contributed by atoms with Crippen molar-refractivity contribution in [3.63, 3.8) is 0 Å². The smallest absolute Gasteiger partial charge is 0.246 e. The maximum atomic E-state index is 6.15. The summed E-state index contributed by atoms with van der Waals surface area (Å²) in [5.74, 6) is 1.83. The molecular weight excluding hydrogens is 218 g/mol. The van der Waals surface area contributed by atoms with Gasteiger partial charge in [-0.1, -0.05) is 18.5 Å². The van der Waals surface area contributed by atoms with E-state index in [1.54, 1.807) is 0 Å². The fourth-order valence-corrected chi connectivity index (χ4v) is 2.20. The van der Waals surface area contributed by atoms with E-state index in [0.29, 0.717) is 11.8 Å². The Bertz CT molecular complexity index is 356. The van der Waals surface area contributed by atoms with Crippen LogP contribution in [0.4, 0.5) is 0 Å². The fourth-order valence-electron chi connectivity index (χ4n) is 2.20. The van der Waals surface area contributed by atoms with Gasteiger partial charge < -0.3 is 15.0 Å². The molecule has 1 saturated heterocycles. The standard InChI is InChI=1S/C12H21N3O2/c1-3-5-12(2,13)11-14-10(15-17-11)7-9-4-6-16-8-9/h9H,3-8,13H2,1-2H3. The van der Waals surface area contributed by atoms with Crippen LogP contribution in [0.15, 0.2) is 4.52 Å². The van der Waals surface area contributed by atoms with Crippen LogP contribution < -0.4 is 5.73 Å². The maximum Gasteiger partial charge on any atom is 0.246 e. The minimum Gasteiger partial charge on any atom is -0.381 e. The van der Waals surface area contributed by atoms with E-state index in [9.17, 15) is 0 Å². The van der Waals surface area contributed by atoms with Gasteiger partial charge in [0.05, 0.1) is 5.54 Å². The number of hydrogen-bond donors (Lipinski definition) is 1. The summed E-state index contributed by atoms with van der Waals surface area (Å²) in [5.41, 5.74) is 5.64. The summed E-state index contributed by atoms with van der Waals surface area (Å²) in [6, 6.07) is 0. The third-order valence-electron chi connectivity index (χ3n) is 3.22. The largest absolute Gasteiger partial charge is 0.381 e. The molecule has 17 heavy (non-hydrogen) atoms. The van der Waals surface area contributed by atoms with Crippen LogP contribution in [0.1, 0.15) is 44.8 Å². The lowest BCUT2D eigenvalue weighted by Gasteiger charge is -2.18. The predicted octanol–water partition coefficient (Wildman–Crippen LogP) is 1.62. The minimum atomic E-state index is -0.508. The fraction of sp³-hybridized carbons (Fsp3) is 0.833. The average Bonchev–Trinajstić information content (AvgIpc) is 2.89. The van der Waals surface area contributed by atoms with Crippen molar-refractivity contribution in [1.82, 2.24) is 10.1 Å². The second kappa shape index (κ2) is 5.14. The van der Waals surface area contributed by atoms with Gasteiger partial charge >= 0.3 is 0 Å². The van der Waals surface area contributed by atoms with Gasteiger partial charge in [0, 0.05) is 19.6 Å². The molecule has 1 aliphatic heterocycles. The average molecular weight is 239 g/mol. The van der Waals surface area contributed by atoms with Crippen molar-refractivity contribution in [2.45, 2.75) is 45.1 Å². The highest BCUT2D eigenvalue weighted by atomic mass is 16.5. The van der Waals surface area contributed by atoms with E-state index in [2.05, 4.69) is 17.1 Å². The third-order valence-corrected chi connectivity index (χ3v) is 3.22. The maximum absolute atomic E-state index is 6.15. The van der Waals surface area contributed by atoms with Gasteiger partial charge in [-0.3, -0.25) is 0 Å². The topological polar surface area (TPSA) is 74.2 Å². The molecule has 0 aliphatic carbocycles. The van der Waals surface area contributed by atoms with Crippen LogP contribution in [0.5, 0.6) is 0 Å². The Labute approximate surface area is 102 Å². The molecule has 1 fully saturated rings. The van der Waals surface area contributed by atoms with Crippen LogP contribution in [-0.2, 0) is 16.7 Å². The molecule has 0 saturated carbocycles. The van der Waals surface area contributed by atoms with Crippen LogP contribution in [0, 0.1) is 5.92 Å². The van der Waals surface area contributed by atoms with E-state index in [1.165, 1.54) is 0 Å². The van der Waals surface area contributed by atoms with Crippen LogP contribution >= 0.6 is 0 Å². The summed E-state index contributed by atoms with van der Waals surface area (Å²) in [6.07, 6.45) is 3.76. The second-order valence-electron chi connectivity index (χ2n) is 5.12. The molecule has 96 valence electrons. The number of aromatic nitrogens is 2. The summed E-state index contributed by atoms with van der Waals surface area (Å²) in [5, 5.41) is 4.01. The zero-order valence-corrected chi connectivity index (χ0v) is 10.6. The summed E-state index contributed by atoms with van der Waals surface area (Å²) in [6.45, 7) is 5.68. The van der Waals surface area contributed by atoms with Crippen LogP contribution in [0.25, 0.3) is 0 Å². The first-order chi connectivity index (χ1) is 8.12. The molecule has 2 heterocycles.